The van der Waals surface area contributed by atoms with Crippen molar-refractivity contribution in [2.24, 2.45) is 0 Å². The van der Waals surface area contributed by atoms with Gasteiger partial charge in [0.25, 0.3) is 5.91 Å². The molecule has 0 radical (unpaired) electrons. The van der Waals surface area contributed by atoms with Gasteiger partial charge in [-0.05, 0) is 36.8 Å². The molecule has 0 atom stereocenters. The van der Waals surface area contributed by atoms with Gasteiger partial charge in [-0.2, -0.15) is 0 Å². The van der Waals surface area contributed by atoms with E-state index in [0.29, 0.717) is 18.7 Å². The monoisotopic (exact) mass is 347 g/mol. The van der Waals surface area contributed by atoms with Gasteiger partial charge in [-0.1, -0.05) is 24.3 Å². The van der Waals surface area contributed by atoms with Crippen molar-refractivity contribution >= 4 is 17.8 Å². The van der Waals surface area contributed by atoms with Crippen LogP contribution < -0.4 is 9.64 Å². The van der Waals surface area contributed by atoms with Crippen LogP contribution in [-0.2, 0) is 4.79 Å². The first-order chi connectivity index (χ1) is 12.7. The van der Waals surface area contributed by atoms with Gasteiger partial charge in [-0.15, -0.1) is 0 Å². The number of rotatable bonds is 2. The predicted molar refractivity (Wildman–Crippen MR) is 102 cm³/mol. The molecule has 1 aromatic heterocycles. The molecule has 1 fully saturated rings. The molecule has 0 spiro atoms. The molecule has 26 heavy (non-hydrogen) atoms. The molecule has 5 heteroatoms. The van der Waals surface area contributed by atoms with Crippen molar-refractivity contribution in [1.29, 1.82) is 0 Å². The first-order valence-corrected chi connectivity index (χ1v) is 8.82. The van der Waals surface area contributed by atoms with Crippen LogP contribution in [0.25, 0.3) is 6.08 Å². The fourth-order valence-electron chi connectivity index (χ4n) is 3.35. The number of nitrogens with zero attached hydrogens (tertiary/aromatic N) is 3. The third-order valence-corrected chi connectivity index (χ3v) is 4.77. The first-order valence-electron chi connectivity index (χ1n) is 8.82. The van der Waals surface area contributed by atoms with Crippen LogP contribution in [0.1, 0.15) is 11.1 Å². The van der Waals surface area contributed by atoms with Crippen LogP contribution in [0.4, 0.5) is 5.82 Å². The maximum atomic E-state index is 12.9. The highest BCUT2D eigenvalue weighted by atomic mass is 16.5. The number of carbonyl (C=O) groups excluding carboxylic acids is 1. The average molecular weight is 347 g/mol. The summed E-state index contributed by atoms with van der Waals surface area (Å²) in [5.41, 5.74) is 2.73. The quantitative estimate of drug-likeness (QED) is 0.838. The number of ether oxygens (including phenoxy) is 1. The van der Waals surface area contributed by atoms with Gasteiger partial charge in [-0.3, -0.25) is 4.79 Å². The normalized spacial score (nSPS) is 16.4. The van der Waals surface area contributed by atoms with Crippen LogP contribution in [0.5, 0.6) is 5.75 Å². The van der Waals surface area contributed by atoms with E-state index in [2.05, 4.69) is 22.9 Å². The summed E-state index contributed by atoms with van der Waals surface area (Å²) in [6, 6.07) is 11.7. The van der Waals surface area contributed by atoms with Crippen molar-refractivity contribution in [3.8, 4) is 5.75 Å². The number of aryl methyl sites for hydroxylation is 1. The van der Waals surface area contributed by atoms with Gasteiger partial charge in [0.15, 0.2) is 0 Å². The molecular weight excluding hydrogens is 326 g/mol. The zero-order valence-corrected chi connectivity index (χ0v) is 14.8. The lowest BCUT2D eigenvalue weighted by Crippen LogP contribution is -2.49. The molecule has 1 saturated heterocycles. The van der Waals surface area contributed by atoms with E-state index in [1.165, 1.54) is 0 Å². The van der Waals surface area contributed by atoms with Gasteiger partial charge in [0, 0.05) is 43.5 Å². The third kappa shape index (κ3) is 3.20. The summed E-state index contributed by atoms with van der Waals surface area (Å²) in [4.78, 5) is 21.6. The van der Waals surface area contributed by atoms with E-state index >= 15 is 0 Å². The molecule has 3 heterocycles. The Morgan fingerprint density at radius 2 is 1.88 bits per heavy atom. The third-order valence-electron chi connectivity index (χ3n) is 4.77. The highest BCUT2D eigenvalue weighted by molar-refractivity contribution is 6.01. The second kappa shape index (κ2) is 7.04. The predicted octanol–water partition coefficient (Wildman–Crippen LogP) is 3.03. The highest BCUT2D eigenvalue weighted by Crippen LogP contribution is 2.25. The van der Waals surface area contributed by atoms with Gasteiger partial charge in [0.1, 0.15) is 11.6 Å². The summed E-state index contributed by atoms with van der Waals surface area (Å²) < 4.78 is 5.58. The topological polar surface area (TPSA) is 45.7 Å². The minimum absolute atomic E-state index is 0.0407. The number of hydrogen-bond donors (Lipinski definition) is 0. The number of para-hydroxylation sites is 1. The Morgan fingerprint density at radius 3 is 2.69 bits per heavy atom. The average Bonchev–Trinajstić information content (AvgIpc) is 2.90. The van der Waals surface area contributed by atoms with E-state index in [1.54, 1.807) is 12.3 Å². The van der Waals surface area contributed by atoms with Crippen LogP contribution in [-0.4, -0.2) is 42.0 Å². The standard InChI is InChI=1S/C21H21N3O2/c1-16-5-4-9-22-20(16)23-10-12-24(13-11-23)21(25)18-8-14-26-19-7-3-2-6-17(19)15-18/h2-9,14-15H,10-13H2,1H3. The molecule has 0 N–H and O–H groups in total. The Labute approximate surface area is 153 Å². The number of anilines is 1. The molecule has 1 aromatic carbocycles. The smallest absolute Gasteiger partial charge is 0.254 e. The SMILES string of the molecule is Cc1cccnc1N1CCN(C(=O)C2=Cc3ccccc3OC=C2)CC1. The molecule has 2 aliphatic heterocycles. The van der Waals surface area contributed by atoms with Gasteiger partial charge >= 0.3 is 0 Å². The van der Waals surface area contributed by atoms with E-state index in [4.69, 9.17) is 4.74 Å². The van der Waals surface area contributed by atoms with Crippen LogP contribution in [0, 0.1) is 6.92 Å². The number of pyridine rings is 1. The summed E-state index contributed by atoms with van der Waals surface area (Å²) >= 11 is 0. The van der Waals surface area contributed by atoms with Crippen LogP contribution in [0.2, 0.25) is 0 Å². The fourth-order valence-corrected chi connectivity index (χ4v) is 3.35. The van der Waals surface area contributed by atoms with Crippen molar-refractivity contribution in [2.45, 2.75) is 6.92 Å². The van der Waals surface area contributed by atoms with Gasteiger partial charge in [-0.25, -0.2) is 4.98 Å². The van der Waals surface area contributed by atoms with Crippen LogP contribution in [0.15, 0.2) is 60.5 Å². The zero-order chi connectivity index (χ0) is 17.9. The number of piperazine rings is 1. The molecule has 132 valence electrons. The maximum absolute atomic E-state index is 12.9. The van der Waals surface area contributed by atoms with Gasteiger partial charge in [0.2, 0.25) is 0 Å². The summed E-state index contributed by atoms with van der Waals surface area (Å²) in [6.07, 6.45) is 7.05. The number of amides is 1. The Balaban J connectivity index is 1.47. The molecule has 2 aromatic rings. The maximum Gasteiger partial charge on any atom is 0.254 e. The first kappa shape index (κ1) is 16.4. The largest absolute Gasteiger partial charge is 0.464 e. The number of fused-ring (bicyclic) bond motifs is 1. The summed E-state index contributed by atoms with van der Waals surface area (Å²) in [7, 11) is 0. The van der Waals surface area contributed by atoms with Crippen molar-refractivity contribution in [2.75, 3.05) is 31.1 Å². The Kier molecular flexibility index (Phi) is 4.44. The number of hydrogen-bond acceptors (Lipinski definition) is 4. The van der Waals surface area contributed by atoms with Crippen molar-refractivity contribution in [3.63, 3.8) is 0 Å². The number of benzene rings is 1. The molecule has 0 unspecified atom stereocenters. The number of carbonyl (C=O) groups is 1. The highest BCUT2D eigenvalue weighted by Gasteiger charge is 2.24. The van der Waals surface area contributed by atoms with Crippen LogP contribution >= 0.6 is 0 Å². The van der Waals surface area contributed by atoms with E-state index in [-0.39, 0.29) is 5.91 Å². The van der Waals surface area contributed by atoms with E-state index in [0.717, 1.165) is 35.8 Å². The molecule has 5 nitrogen and oxygen atoms in total. The molecule has 0 aliphatic carbocycles. The van der Waals surface area contributed by atoms with Gasteiger partial charge < -0.3 is 14.5 Å². The summed E-state index contributed by atoms with van der Waals surface area (Å²) in [5, 5.41) is 0. The lowest BCUT2D eigenvalue weighted by atomic mass is 10.1. The van der Waals surface area contributed by atoms with Crippen molar-refractivity contribution < 1.29 is 9.53 Å². The molecule has 2 aliphatic rings. The molecule has 0 bridgehead atoms. The van der Waals surface area contributed by atoms with Crippen LogP contribution in [0.3, 0.4) is 0 Å². The van der Waals surface area contributed by atoms with Gasteiger partial charge in [0.05, 0.1) is 6.26 Å². The Hall–Kier alpha value is -3.08. The molecule has 1 amide bonds. The molecule has 4 rings (SSSR count). The fraction of sp³-hybridized carbons (Fsp3) is 0.238. The Morgan fingerprint density at radius 1 is 1.08 bits per heavy atom. The lowest BCUT2D eigenvalue weighted by molar-refractivity contribution is -0.127. The van der Waals surface area contributed by atoms with Crippen molar-refractivity contribution in [1.82, 2.24) is 9.88 Å². The van der Waals surface area contributed by atoms with E-state index in [1.807, 2.05) is 47.5 Å². The lowest BCUT2D eigenvalue weighted by Gasteiger charge is -2.36. The second-order valence-electron chi connectivity index (χ2n) is 6.48. The van der Waals surface area contributed by atoms with E-state index < -0.39 is 0 Å². The second-order valence-corrected chi connectivity index (χ2v) is 6.48. The molecular formula is C21H21N3O2. The summed E-state index contributed by atoms with van der Waals surface area (Å²) in [6.45, 7) is 5.00. The molecule has 0 saturated carbocycles. The zero-order valence-electron chi connectivity index (χ0n) is 14.8. The Bertz CT molecular complexity index is 880. The van der Waals surface area contributed by atoms with E-state index in [9.17, 15) is 4.79 Å². The summed E-state index contributed by atoms with van der Waals surface area (Å²) in [5.74, 6) is 1.82. The minimum atomic E-state index is 0.0407. The minimum Gasteiger partial charge on any atom is -0.464 e. The van der Waals surface area contributed by atoms with Crippen molar-refractivity contribution in [3.05, 3.63) is 71.6 Å². The number of aromatic nitrogens is 1.